The number of hydrogen-bond donors (Lipinski definition) is 1. The second-order valence-corrected chi connectivity index (χ2v) is 8.69. The third kappa shape index (κ3) is 4.14. The van der Waals surface area contributed by atoms with Gasteiger partial charge in [0.1, 0.15) is 18.1 Å². The number of amides is 1. The lowest BCUT2D eigenvalue weighted by Crippen LogP contribution is -2.25. The number of halogens is 2. The zero-order valence-corrected chi connectivity index (χ0v) is 15.9. The number of rotatable bonds is 5. The SMILES string of the molecule is CS(=O)(=O)Cc1nc2ccccc2n1CC(=O)Nc1ccc2c(c1)OC(F)(F)O2. The van der Waals surface area contributed by atoms with Crippen LogP contribution < -0.4 is 14.8 Å². The van der Waals surface area contributed by atoms with Crippen LogP contribution in [-0.4, -0.2) is 36.4 Å². The predicted octanol–water partition coefficient (Wildman–Crippen LogP) is 2.54. The van der Waals surface area contributed by atoms with Gasteiger partial charge in [0.25, 0.3) is 0 Å². The van der Waals surface area contributed by atoms with Gasteiger partial charge in [0.05, 0.1) is 11.0 Å². The number of aromatic nitrogens is 2. The highest BCUT2D eigenvalue weighted by Crippen LogP contribution is 2.42. The van der Waals surface area contributed by atoms with E-state index in [1.165, 1.54) is 22.8 Å². The minimum Gasteiger partial charge on any atom is -0.395 e. The first-order valence-electron chi connectivity index (χ1n) is 8.41. The van der Waals surface area contributed by atoms with Gasteiger partial charge >= 0.3 is 6.29 Å². The van der Waals surface area contributed by atoms with Gasteiger partial charge in [-0.1, -0.05) is 12.1 Å². The molecule has 0 bridgehead atoms. The molecule has 0 spiro atoms. The number of ether oxygens (including phenoxy) is 2. The lowest BCUT2D eigenvalue weighted by molar-refractivity contribution is -0.286. The lowest BCUT2D eigenvalue weighted by Gasteiger charge is -2.10. The third-order valence-corrected chi connectivity index (χ3v) is 4.89. The molecule has 0 fully saturated rings. The van der Waals surface area contributed by atoms with Crippen molar-refractivity contribution in [3.8, 4) is 11.5 Å². The molecule has 0 unspecified atom stereocenters. The van der Waals surface area contributed by atoms with Crippen LogP contribution in [0.4, 0.5) is 14.5 Å². The van der Waals surface area contributed by atoms with Gasteiger partial charge < -0.3 is 19.4 Å². The van der Waals surface area contributed by atoms with Crippen LogP contribution in [0.3, 0.4) is 0 Å². The highest BCUT2D eigenvalue weighted by molar-refractivity contribution is 7.89. The summed E-state index contributed by atoms with van der Waals surface area (Å²) < 4.78 is 59.9. The Hall–Kier alpha value is -3.21. The number of imidazole rings is 1. The maximum absolute atomic E-state index is 13.1. The molecule has 29 heavy (non-hydrogen) atoms. The Morgan fingerprint density at radius 3 is 2.66 bits per heavy atom. The summed E-state index contributed by atoms with van der Waals surface area (Å²) in [7, 11) is -3.38. The van der Waals surface area contributed by atoms with Crippen molar-refractivity contribution in [2.75, 3.05) is 11.6 Å². The van der Waals surface area contributed by atoms with Crippen LogP contribution in [0.1, 0.15) is 5.82 Å². The number of benzene rings is 2. The number of sulfone groups is 1. The first-order chi connectivity index (χ1) is 13.6. The fourth-order valence-corrected chi connectivity index (χ4v) is 3.71. The number of nitrogens with one attached hydrogen (secondary N) is 1. The first kappa shape index (κ1) is 19.1. The molecule has 11 heteroatoms. The van der Waals surface area contributed by atoms with E-state index in [1.54, 1.807) is 24.3 Å². The summed E-state index contributed by atoms with van der Waals surface area (Å²) in [5.74, 6) is -0.918. The van der Waals surface area contributed by atoms with Crippen molar-refractivity contribution in [1.29, 1.82) is 0 Å². The monoisotopic (exact) mass is 423 g/mol. The summed E-state index contributed by atoms with van der Waals surface area (Å²) in [6.07, 6.45) is -2.67. The van der Waals surface area contributed by atoms with Crippen molar-refractivity contribution in [1.82, 2.24) is 9.55 Å². The van der Waals surface area contributed by atoms with Gasteiger partial charge in [-0.15, -0.1) is 8.78 Å². The fraction of sp³-hybridized carbons (Fsp3) is 0.222. The van der Waals surface area contributed by atoms with Crippen LogP contribution >= 0.6 is 0 Å². The molecule has 2 aromatic carbocycles. The summed E-state index contributed by atoms with van der Waals surface area (Å²) in [6, 6.07) is 10.8. The van der Waals surface area contributed by atoms with Crippen molar-refractivity contribution < 1.29 is 31.5 Å². The van der Waals surface area contributed by atoms with Crippen LogP contribution in [0, 0.1) is 0 Å². The summed E-state index contributed by atoms with van der Waals surface area (Å²) in [4.78, 5) is 16.8. The minimum absolute atomic E-state index is 0.135. The highest BCUT2D eigenvalue weighted by atomic mass is 32.2. The van der Waals surface area contributed by atoms with Gasteiger partial charge in [-0.2, -0.15) is 0 Å². The van der Waals surface area contributed by atoms with Crippen LogP contribution in [0.2, 0.25) is 0 Å². The minimum atomic E-state index is -3.75. The Morgan fingerprint density at radius 1 is 1.17 bits per heavy atom. The van der Waals surface area contributed by atoms with E-state index in [1.807, 2.05) is 0 Å². The number of carbonyl (C=O) groups is 1. The van der Waals surface area contributed by atoms with Gasteiger partial charge in [0.2, 0.25) is 5.91 Å². The van der Waals surface area contributed by atoms with Crippen molar-refractivity contribution in [3.05, 3.63) is 48.3 Å². The Morgan fingerprint density at radius 2 is 1.90 bits per heavy atom. The van der Waals surface area contributed by atoms with Crippen LogP contribution in [0.15, 0.2) is 42.5 Å². The van der Waals surface area contributed by atoms with Gasteiger partial charge in [-0.3, -0.25) is 4.79 Å². The number of para-hydroxylation sites is 2. The quantitative estimate of drug-likeness (QED) is 0.677. The molecule has 1 N–H and O–H groups in total. The average Bonchev–Trinajstić information content (AvgIpc) is 3.08. The number of hydrogen-bond acceptors (Lipinski definition) is 6. The smallest absolute Gasteiger partial charge is 0.395 e. The maximum Gasteiger partial charge on any atom is 0.586 e. The van der Waals surface area contributed by atoms with E-state index in [-0.39, 0.29) is 35.3 Å². The Labute approximate surface area is 164 Å². The predicted molar refractivity (Wildman–Crippen MR) is 99.6 cm³/mol. The van der Waals surface area contributed by atoms with Gasteiger partial charge in [-0.05, 0) is 24.3 Å². The van der Waals surface area contributed by atoms with Crippen LogP contribution in [0.5, 0.6) is 11.5 Å². The van der Waals surface area contributed by atoms with Crippen molar-refractivity contribution in [2.24, 2.45) is 0 Å². The number of alkyl halides is 2. The lowest BCUT2D eigenvalue weighted by atomic mass is 10.2. The largest absolute Gasteiger partial charge is 0.586 e. The Balaban J connectivity index is 1.58. The van der Waals surface area contributed by atoms with Crippen molar-refractivity contribution >= 4 is 32.5 Å². The zero-order valence-electron chi connectivity index (χ0n) is 15.1. The molecule has 0 saturated heterocycles. The number of nitrogens with zero attached hydrogens (tertiary/aromatic N) is 2. The molecule has 8 nitrogen and oxygen atoms in total. The third-order valence-electron chi connectivity index (χ3n) is 4.11. The second-order valence-electron chi connectivity index (χ2n) is 6.55. The van der Waals surface area contributed by atoms with Gasteiger partial charge in [0, 0.05) is 18.0 Å². The summed E-state index contributed by atoms with van der Waals surface area (Å²) in [5, 5.41) is 2.57. The summed E-state index contributed by atoms with van der Waals surface area (Å²) in [6.45, 7) is -0.212. The van der Waals surface area contributed by atoms with E-state index in [0.29, 0.717) is 11.0 Å². The fourth-order valence-electron chi connectivity index (χ4n) is 3.02. The number of fused-ring (bicyclic) bond motifs is 2. The maximum atomic E-state index is 13.1. The number of carbonyl (C=O) groups excluding carboxylic acids is 1. The molecule has 1 aromatic heterocycles. The molecule has 1 aliphatic rings. The molecule has 3 aromatic rings. The molecule has 0 radical (unpaired) electrons. The van der Waals surface area contributed by atoms with E-state index in [0.717, 1.165) is 6.26 Å². The molecular formula is C18H15F2N3O5S. The first-order valence-corrected chi connectivity index (χ1v) is 10.5. The molecule has 0 saturated carbocycles. The van der Waals surface area contributed by atoms with Gasteiger partial charge in [-0.25, -0.2) is 13.4 Å². The molecule has 0 atom stereocenters. The standard InChI is InChI=1S/C18H15F2N3O5S/c1-29(25,26)10-16-22-12-4-2-3-5-13(12)23(16)9-17(24)21-11-6-7-14-15(8-11)28-18(19,20)27-14/h2-8H,9-10H2,1H3,(H,21,24). The topological polar surface area (TPSA) is 99.5 Å². The van der Waals surface area contributed by atoms with E-state index < -0.39 is 22.0 Å². The Kier molecular flexibility index (Phi) is 4.41. The van der Waals surface area contributed by atoms with E-state index in [9.17, 15) is 22.0 Å². The molecular weight excluding hydrogens is 408 g/mol. The highest BCUT2D eigenvalue weighted by Gasteiger charge is 2.43. The second kappa shape index (κ2) is 6.69. The molecule has 2 heterocycles. The van der Waals surface area contributed by atoms with Gasteiger partial charge in [0.15, 0.2) is 21.3 Å². The molecule has 1 aliphatic heterocycles. The van der Waals surface area contributed by atoms with E-state index in [2.05, 4.69) is 19.8 Å². The number of anilines is 1. The molecule has 4 rings (SSSR count). The van der Waals surface area contributed by atoms with E-state index >= 15 is 0 Å². The normalized spacial score (nSPS) is 14.9. The van der Waals surface area contributed by atoms with Crippen LogP contribution in [-0.2, 0) is 26.9 Å². The summed E-state index contributed by atoms with van der Waals surface area (Å²) in [5.41, 5.74) is 1.39. The average molecular weight is 423 g/mol. The van der Waals surface area contributed by atoms with Crippen molar-refractivity contribution in [3.63, 3.8) is 0 Å². The molecule has 0 aliphatic carbocycles. The van der Waals surface area contributed by atoms with Crippen molar-refractivity contribution in [2.45, 2.75) is 18.6 Å². The zero-order chi connectivity index (χ0) is 20.8. The molecule has 152 valence electrons. The molecule has 1 amide bonds. The Bertz CT molecular complexity index is 1220. The van der Waals surface area contributed by atoms with Crippen LogP contribution in [0.25, 0.3) is 11.0 Å². The summed E-state index contributed by atoms with van der Waals surface area (Å²) >= 11 is 0. The van der Waals surface area contributed by atoms with E-state index in [4.69, 9.17) is 0 Å².